The number of ether oxygens (including phenoxy) is 3. The number of likely N-dealkylation sites (tertiary alicyclic amines) is 1. The average Bonchev–Trinajstić information content (AvgIpc) is 3.21. The standard InChI is InChI=1S/C49H92N2O7/c1-7-12-29-43(30-13-8-2)56-45(52)33-25-21-17-19-23-27-37-49(48(55)50-39-16-11-5,58-47(54)42-35-40-51(6)41-36-42)38-28-24-20-18-22-26-34-46(53)57-44(31-14-9-3)32-15-10-4/h42-44H,7-41H2,1-6H3,(H,50,55). The van der Waals surface area contributed by atoms with E-state index in [2.05, 4.69) is 51.9 Å². The number of piperidine rings is 1. The Labute approximate surface area is 357 Å². The molecule has 0 aromatic carbocycles. The summed E-state index contributed by atoms with van der Waals surface area (Å²) < 4.78 is 18.1. The number of unbranched alkanes of at least 4 members (excludes halogenated alkanes) is 15. The molecule has 9 heteroatoms. The zero-order chi connectivity index (χ0) is 42.7. The summed E-state index contributed by atoms with van der Waals surface area (Å²) in [6.07, 6.45) is 29.6. The molecule has 0 radical (unpaired) electrons. The summed E-state index contributed by atoms with van der Waals surface area (Å²) in [6.45, 7) is 13.1. The van der Waals surface area contributed by atoms with Crippen molar-refractivity contribution in [3.63, 3.8) is 0 Å². The summed E-state index contributed by atoms with van der Waals surface area (Å²) in [5.41, 5.74) is -1.15. The van der Waals surface area contributed by atoms with Gasteiger partial charge in [-0.05, 0) is 104 Å². The van der Waals surface area contributed by atoms with E-state index in [0.717, 1.165) is 193 Å². The van der Waals surface area contributed by atoms with Gasteiger partial charge in [-0.3, -0.25) is 19.2 Å². The first-order valence-corrected chi connectivity index (χ1v) is 24.7. The van der Waals surface area contributed by atoms with Crippen molar-refractivity contribution in [1.29, 1.82) is 0 Å². The summed E-state index contributed by atoms with van der Waals surface area (Å²) in [5, 5.41) is 3.16. The zero-order valence-corrected chi connectivity index (χ0v) is 38.8. The van der Waals surface area contributed by atoms with Crippen LogP contribution in [-0.4, -0.2) is 73.2 Å². The Morgan fingerprint density at radius 2 is 0.931 bits per heavy atom. The van der Waals surface area contributed by atoms with Crippen LogP contribution in [0.25, 0.3) is 0 Å². The minimum Gasteiger partial charge on any atom is -0.462 e. The molecule has 0 aromatic rings. The number of carbonyl (C=O) groups excluding carboxylic acids is 4. The molecule has 340 valence electrons. The minimum atomic E-state index is -1.15. The van der Waals surface area contributed by atoms with Crippen LogP contribution in [0, 0.1) is 5.92 Å². The molecule has 0 aromatic heterocycles. The highest BCUT2D eigenvalue weighted by Gasteiger charge is 2.43. The van der Waals surface area contributed by atoms with Crippen molar-refractivity contribution in [3.05, 3.63) is 0 Å². The molecule has 1 N–H and O–H groups in total. The normalized spacial score (nSPS) is 13.9. The second kappa shape index (κ2) is 35.6. The molecule has 0 aliphatic carbocycles. The van der Waals surface area contributed by atoms with Gasteiger partial charge < -0.3 is 24.4 Å². The molecule has 1 rings (SSSR count). The first-order chi connectivity index (χ1) is 28.1. The third kappa shape index (κ3) is 26.1. The highest BCUT2D eigenvalue weighted by Crippen LogP contribution is 2.31. The van der Waals surface area contributed by atoms with E-state index in [1.54, 1.807) is 0 Å². The van der Waals surface area contributed by atoms with Crippen LogP contribution in [0.4, 0.5) is 0 Å². The number of nitrogens with zero attached hydrogens (tertiary/aromatic N) is 1. The van der Waals surface area contributed by atoms with E-state index >= 15 is 0 Å². The first-order valence-electron chi connectivity index (χ1n) is 24.7. The number of hydrogen-bond acceptors (Lipinski definition) is 8. The molecule has 1 aliphatic rings. The molecule has 1 amide bonds. The molecule has 0 bridgehead atoms. The molecule has 1 saturated heterocycles. The molecule has 58 heavy (non-hydrogen) atoms. The van der Waals surface area contributed by atoms with Crippen molar-refractivity contribution in [2.75, 3.05) is 26.7 Å². The monoisotopic (exact) mass is 821 g/mol. The van der Waals surface area contributed by atoms with Gasteiger partial charge in [0.15, 0.2) is 5.60 Å². The lowest BCUT2D eigenvalue weighted by Gasteiger charge is -2.35. The van der Waals surface area contributed by atoms with Crippen LogP contribution < -0.4 is 5.32 Å². The maximum absolute atomic E-state index is 14.0. The SMILES string of the molecule is CCCCNC(=O)C(CCCCCCCCC(=O)OC(CCCC)CCCC)(CCCCCCCCC(=O)OC(CCCC)CCCC)OC(=O)C1CCN(C)CC1. The number of hydrogen-bond donors (Lipinski definition) is 1. The lowest BCUT2D eigenvalue weighted by Crippen LogP contribution is -2.51. The lowest BCUT2D eigenvalue weighted by atomic mass is 9.87. The van der Waals surface area contributed by atoms with Crippen molar-refractivity contribution in [3.8, 4) is 0 Å². The highest BCUT2D eigenvalue weighted by atomic mass is 16.6. The predicted molar refractivity (Wildman–Crippen MR) is 239 cm³/mol. The van der Waals surface area contributed by atoms with Crippen LogP contribution in [0.1, 0.15) is 240 Å². The van der Waals surface area contributed by atoms with Crippen LogP contribution >= 0.6 is 0 Å². The molecule has 0 unspecified atom stereocenters. The van der Waals surface area contributed by atoms with Gasteiger partial charge >= 0.3 is 17.9 Å². The van der Waals surface area contributed by atoms with E-state index in [0.29, 0.717) is 32.2 Å². The van der Waals surface area contributed by atoms with Crippen LogP contribution in [0.15, 0.2) is 0 Å². The zero-order valence-electron chi connectivity index (χ0n) is 38.8. The Kier molecular flexibility index (Phi) is 33.0. The number of amides is 1. The smallest absolute Gasteiger partial charge is 0.310 e. The number of nitrogens with one attached hydrogen (secondary N) is 1. The predicted octanol–water partition coefficient (Wildman–Crippen LogP) is 12.4. The van der Waals surface area contributed by atoms with Crippen molar-refractivity contribution < 1.29 is 33.4 Å². The third-order valence-corrected chi connectivity index (χ3v) is 12.1. The second-order valence-electron chi connectivity index (χ2n) is 17.6. The highest BCUT2D eigenvalue weighted by molar-refractivity contribution is 5.88. The largest absolute Gasteiger partial charge is 0.462 e. The fraction of sp³-hybridized carbons (Fsp3) is 0.918. The van der Waals surface area contributed by atoms with E-state index < -0.39 is 5.60 Å². The van der Waals surface area contributed by atoms with E-state index in [1.807, 2.05) is 0 Å². The van der Waals surface area contributed by atoms with Gasteiger partial charge in [-0.1, -0.05) is 144 Å². The molecule has 1 aliphatic heterocycles. The van der Waals surface area contributed by atoms with Crippen molar-refractivity contribution in [2.45, 2.75) is 258 Å². The van der Waals surface area contributed by atoms with Gasteiger partial charge in [0.1, 0.15) is 12.2 Å². The fourth-order valence-electron chi connectivity index (χ4n) is 8.08. The Bertz CT molecular complexity index is 978. The number of carbonyl (C=O) groups is 4. The molecule has 1 fully saturated rings. The quantitative estimate of drug-likeness (QED) is 0.0372. The van der Waals surface area contributed by atoms with Crippen molar-refractivity contribution in [1.82, 2.24) is 10.2 Å². The molecule has 0 atom stereocenters. The molecular weight excluding hydrogens is 729 g/mol. The van der Waals surface area contributed by atoms with E-state index in [9.17, 15) is 19.2 Å². The summed E-state index contributed by atoms with van der Waals surface area (Å²) in [7, 11) is 2.08. The first kappa shape index (κ1) is 53.9. The van der Waals surface area contributed by atoms with Crippen molar-refractivity contribution in [2.24, 2.45) is 5.92 Å². The molecular formula is C49H92N2O7. The topological polar surface area (TPSA) is 111 Å². The van der Waals surface area contributed by atoms with Gasteiger partial charge in [0, 0.05) is 19.4 Å². The fourth-order valence-corrected chi connectivity index (χ4v) is 8.08. The van der Waals surface area contributed by atoms with Gasteiger partial charge in [-0.15, -0.1) is 0 Å². The summed E-state index contributed by atoms with van der Waals surface area (Å²) in [6, 6.07) is 0. The van der Waals surface area contributed by atoms with Crippen LogP contribution in [0.2, 0.25) is 0 Å². The molecule has 0 spiro atoms. The van der Waals surface area contributed by atoms with Gasteiger partial charge in [-0.25, -0.2) is 0 Å². The summed E-state index contributed by atoms with van der Waals surface area (Å²) in [4.78, 5) is 55.1. The molecule has 0 saturated carbocycles. The molecule has 1 heterocycles. The third-order valence-electron chi connectivity index (χ3n) is 12.1. The Balaban J connectivity index is 2.72. The Morgan fingerprint density at radius 3 is 1.33 bits per heavy atom. The van der Waals surface area contributed by atoms with E-state index in [4.69, 9.17) is 14.2 Å². The maximum Gasteiger partial charge on any atom is 0.310 e. The lowest BCUT2D eigenvalue weighted by molar-refractivity contribution is -0.176. The number of rotatable bonds is 38. The van der Waals surface area contributed by atoms with E-state index in [1.165, 1.54) is 0 Å². The summed E-state index contributed by atoms with van der Waals surface area (Å²) >= 11 is 0. The Morgan fingerprint density at radius 1 is 0.552 bits per heavy atom. The van der Waals surface area contributed by atoms with Crippen LogP contribution in [-0.2, 0) is 33.4 Å². The van der Waals surface area contributed by atoms with Gasteiger partial charge in [0.2, 0.25) is 0 Å². The Hall–Kier alpha value is -2.16. The minimum absolute atomic E-state index is 0.0590. The maximum atomic E-state index is 14.0. The number of esters is 3. The summed E-state index contributed by atoms with van der Waals surface area (Å²) in [5.74, 6) is -0.630. The van der Waals surface area contributed by atoms with Crippen molar-refractivity contribution >= 4 is 23.8 Å². The second-order valence-corrected chi connectivity index (χ2v) is 17.6. The van der Waals surface area contributed by atoms with Crippen LogP contribution in [0.3, 0.4) is 0 Å². The van der Waals surface area contributed by atoms with Gasteiger partial charge in [-0.2, -0.15) is 0 Å². The average molecular weight is 821 g/mol. The van der Waals surface area contributed by atoms with Crippen LogP contribution in [0.5, 0.6) is 0 Å². The van der Waals surface area contributed by atoms with Gasteiger partial charge in [0.25, 0.3) is 5.91 Å². The molecule has 9 nitrogen and oxygen atoms in total. The van der Waals surface area contributed by atoms with Gasteiger partial charge in [0.05, 0.1) is 5.92 Å². The van der Waals surface area contributed by atoms with E-state index in [-0.39, 0.29) is 41.9 Å².